The van der Waals surface area contributed by atoms with E-state index in [1.54, 1.807) is 13.2 Å². The van der Waals surface area contributed by atoms with Gasteiger partial charge in [0, 0.05) is 5.56 Å². The van der Waals surface area contributed by atoms with Crippen molar-refractivity contribution in [2.24, 2.45) is 0 Å². The summed E-state index contributed by atoms with van der Waals surface area (Å²) in [6, 6.07) is 23.5. The highest BCUT2D eigenvalue weighted by Gasteiger charge is 2.18. The fraction of sp³-hybridized carbons (Fsp3) is 0.174. The topological polar surface area (TPSA) is 38.3 Å². The molecule has 3 rings (SSSR count). The third-order valence-corrected chi connectivity index (χ3v) is 4.48. The molecule has 3 aromatic rings. The molecule has 0 bridgehead atoms. The maximum atomic E-state index is 12.9. The average Bonchev–Trinajstić information content (AvgIpc) is 2.67. The van der Waals surface area contributed by atoms with E-state index in [9.17, 15) is 4.79 Å². The molecule has 0 aliphatic carbocycles. The predicted octanol–water partition coefficient (Wildman–Crippen LogP) is 4.83. The van der Waals surface area contributed by atoms with Crippen LogP contribution in [0.2, 0.25) is 0 Å². The predicted molar refractivity (Wildman–Crippen MR) is 105 cm³/mol. The molecule has 132 valence electrons. The standard InChI is InChI=1S/C23H23NO2/c1-16-9-11-19(12-10-16)22(18-7-5-4-6-8-18)24-23(25)20-13-14-21(26-3)17(2)15-20/h4-15,22H,1-3H3,(H,24,25)/t22-/m1/s1. The lowest BCUT2D eigenvalue weighted by atomic mass is 9.97. The van der Waals surface area contributed by atoms with Crippen LogP contribution in [0.15, 0.2) is 72.8 Å². The molecule has 0 aliphatic heterocycles. The number of hydrogen-bond acceptors (Lipinski definition) is 2. The van der Waals surface area contributed by atoms with E-state index in [1.165, 1.54) is 5.56 Å². The number of rotatable bonds is 5. The second-order valence-corrected chi connectivity index (χ2v) is 6.41. The number of amides is 1. The fourth-order valence-corrected chi connectivity index (χ4v) is 3.00. The molecule has 0 radical (unpaired) electrons. The van der Waals surface area contributed by atoms with Gasteiger partial charge in [-0.3, -0.25) is 4.79 Å². The minimum Gasteiger partial charge on any atom is -0.496 e. The van der Waals surface area contributed by atoms with Crippen molar-refractivity contribution in [1.82, 2.24) is 5.32 Å². The van der Waals surface area contributed by atoms with E-state index in [-0.39, 0.29) is 11.9 Å². The number of ether oxygens (including phenoxy) is 1. The number of benzene rings is 3. The zero-order valence-electron chi connectivity index (χ0n) is 15.3. The molecule has 3 heteroatoms. The molecule has 0 spiro atoms. The van der Waals surface area contributed by atoms with Crippen LogP contribution in [0.1, 0.15) is 38.7 Å². The lowest BCUT2D eigenvalue weighted by Gasteiger charge is -2.20. The highest BCUT2D eigenvalue weighted by atomic mass is 16.5. The summed E-state index contributed by atoms with van der Waals surface area (Å²) in [6.45, 7) is 3.99. The Morgan fingerprint density at radius 2 is 1.54 bits per heavy atom. The minimum atomic E-state index is -0.202. The number of carbonyl (C=O) groups excluding carboxylic acids is 1. The van der Waals surface area contributed by atoms with Crippen molar-refractivity contribution >= 4 is 5.91 Å². The van der Waals surface area contributed by atoms with Crippen molar-refractivity contribution < 1.29 is 9.53 Å². The molecular formula is C23H23NO2. The van der Waals surface area contributed by atoms with Crippen LogP contribution in [0.5, 0.6) is 5.75 Å². The molecular weight excluding hydrogens is 322 g/mol. The summed E-state index contributed by atoms with van der Waals surface area (Å²) in [5, 5.41) is 3.17. The first-order valence-corrected chi connectivity index (χ1v) is 8.65. The third-order valence-electron chi connectivity index (χ3n) is 4.48. The number of nitrogens with one attached hydrogen (secondary N) is 1. The average molecular weight is 345 g/mol. The second kappa shape index (κ2) is 7.87. The molecule has 26 heavy (non-hydrogen) atoms. The maximum absolute atomic E-state index is 12.9. The summed E-state index contributed by atoms with van der Waals surface area (Å²) in [5.74, 6) is 0.671. The Morgan fingerprint density at radius 3 is 2.15 bits per heavy atom. The Hall–Kier alpha value is -3.07. The molecule has 0 fully saturated rings. The SMILES string of the molecule is COc1ccc(C(=O)N[C@H](c2ccccc2)c2ccc(C)cc2)cc1C. The van der Waals surface area contributed by atoms with Gasteiger partial charge in [0.2, 0.25) is 0 Å². The Kier molecular flexibility index (Phi) is 5.37. The van der Waals surface area contributed by atoms with E-state index in [0.29, 0.717) is 5.56 Å². The van der Waals surface area contributed by atoms with Crippen molar-refractivity contribution in [2.75, 3.05) is 7.11 Å². The zero-order valence-corrected chi connectivity index (χ0v) is 15.3. The quantitative estimate of drug-likeness (QED) is 0.719. The van der Waals surface area contributed by atoms with Gasteiger partial charge in [0.15, 0.2) is 0 Å². The number of aryl methyl sites for hydroxylation is 2. The third kappa shape index (κ3) is 3.94. The molecule has 3 nitrogen and oxygen atoms in total. The van der Waals surface area contributed by atoms with Crippen LogP contribution >= 0.6 is 0 Å². The summed E-state index contributed by atoms with van der Waals surface area (Å²) in [7, 11) is 1.63. The van der Waals surface area contributed by atoms with Gasteiger partial charge in [-0.15, -0.1) is 0 Å². The lowest BCUT2D eigenvalue weighted by molar-refractivity contribution is 0.0943. The van der Waals surface area contributed by atoms with Crippen molar-refractivity contribution in [3.8, 4) is 5.75 Å². The molecule has 0 saturated carbocycles. The van der Waals surface area contributed by atoms with Gasteiger partial charge in [-0.1, -0.05) is 60.2 Å². The lowest BCUT2D eigenvalue weighted by Crippen LogP contribution is -2.29. The van der Waals surface area contributed by atoms with Crippen LogP contribution in [0.25, 0.3) is 0 Å². The number of methoxy groups -OCH3 is 1. The summed E-state index contributed by atoms with van der Waals surface area (Å²) in [6.07, 6.45) is 0. The molecule has 1 amide bonds. The van der Waals surface area contributed by atoms with Crippen LogP contribution in [0.3, 0.4) is 0 Å². The van der Waals surface area contributed by atoms with Crippen LogP contribution in [0, 0.1) is 13.8 Å². The van der Waals surface area contributed by atoms with Gasteiger partial charge in [0.05, 0.1) is 13.2 Å². The second-order valence-electron chi connectivity index (χ2n) is 6.41. The van der Waals surface area contributed by atoms with Crippen molar-refractivity contribution in [2.45, 2.75) is 19.9 Å². The van der Waals surface area contributed by atoms with E-state index in [2.05, 4.69) is 36.5 Å². The Bertz CT molecular complexity index is 886. The van der Waals surface area contributed by atoms with E-state index in [0.717, 1.165) is 22.4 Å². The van der Waals surface area contributed by atoms with Crippen molar-refractivity contribution in [1.29, 1.82) is 0 Å². The Labute approximate surface area is 154 Å². The Balaban J connectivity index is 1.91. The molecule has 0 unspecified atom stereocenters. The molecule has 0 aliphatic rings. The summed E-state index contributed by atoms with van der Waals surface area (Å²) < 4.78 is 5.28. The molecule has 1 atom stereocenters. The normalized spacial score (nSPS) is 11.7. The van der Waals surface area contributed by atoms with Crippen LogP contribution < -0.4 is 10.1 Å². The fourth-order valence-electron chi connectivity index (χ4n) is 3.00. The first kappa shape index (κ1) is 17.7. The number of hydrogen-bond donors (Lipinski definition) is 1. The van der Waals surface area contributed by atoms with E-state index >= 15 is 0 Å². The van der Waals surface area contributed by atoms with Gasteiger partial charge >= 0.3 is 0 Å². The zero-order chi connectivity index (χ0) is 18.5. The first-order valence-electron chi connectivity index (χ1n) is 8.65. The number of carbonyl (C=O) groups is 1. The summed E-state index contributed by atoms with van der Waals surface area (Å²) >= 11 is 0. The largest absolute Gasteiger partial charge is 0.496 e. The summed E-state index contributed by atoms with van der Waals surface area (Å²) in [4.78, 5) is 12.9. The Morgan fingerprint density at radius 1 is 0.885 bits per heavy atom. The van der Waals surface area contributed by atoms with Crippen LogP contribution in [-0.4, -0.2) is 13.0 Å². The van der Waals surface area contributed by atoms with E-state index in [1.807, 2.05) is 49.4 Å². The van der Waals surface area contributed by atoms with Gasteiger partial charge in [-0.25, -0.2) is 0 Å². The monoisotopic (exact) mass is 345 g/mol. The van der Waals surface area contributed by atoms with E-state index in [4.69, 9.17) is 4.74 Å². The van der Waals surface area contributed by atoms with Crippen molar-refractivity contribution in [3.63, 3.8) is 0 Å². The van der Waals surface area contributed by atoms with Gasteiger partial charge in [0.25, 0.3) is 5.91 Å². The van der Waals surface area contributed by atoms with Gasteiger partial charge in [-0.05, 0) is 48.7 Å². The van der Waals surface area contributed by atoms with E-state index < -0.39 is 0 Å². The van der Waals surface area contributed by atoms with Gasteiger partial charge in [-0.2, -0.15) is 0 Å². The van der Waals surface area contributed by atoms with Crippen LogP contribution in [-0.2, 0) is 0 Å². The highest BCUT2D eigenvalue weighted by molar-refractivity contribution is 5.95. The van der Waals surface area contributed by atoms with Crippen LogP contribution in [0.4, 0.5) is 0 Å². The molecule has 0 saturated heterocycles. The van der Waals surface area contributed by atoms with Gasteiger partial charge < -0.3 is 10.1 Å². The molecule has 0 heterocycles. The maximum Gasteiger partial charge on any atom is 0.252 e. The smallest absolute Gasteiger partial charge is 0.252 e. The van der Waals surface area contributed by atoms with Gasteiger partial charge in [0.1, 0.15) is 5.75 Å². The summed E-state index contributed by atoms with van der Waals surface area (Å²) in [5.41, 5.74) is 4.86. The highest BCUT2D eigenvalue weighted by Crippen LogP contribution is 2.24. The molecule has 0 aromatic heterocycles. The minimum absolute atomic E-state index is 0.106. The molecule has 1 N–H and O–H groups in total. The van der Waals surface area contributed by atoms with Crippen molar-refractivity contribution in [3.05, 3.63) is 101 Å². The molecule has 3 aromatic carbocycles. The first-order chi connectivity index (χ1) is 12.6.